The SMILES string of the molecule is C=CCNC(C)(C(=O)O)c1cccc(OC(F)F)c1. The molecule has 0 amide bonds. The Morgan fingerprint density at radius 3 is 2.84 bits per heavy atom. The number of nitrogens with one attached hydrogen (secondary N) is 1. The van der Waals surface area contributed by atoms with Crippen LogP contribution in [0.3, 0.4) is 0 Å². The van der Waals surface area contributed by atoms with Gasteiger partial charge in [-0.2, -0.15) is 8.78 Å². The quantitative estimate of drug-likeness (QED) is 0.747. The molecule has 0 radical (unpaired) electrons. The minimum Gasteiger partial charge on any atom is -0.480 e. The zero-order valence-electron chi connectivity index (χ0n) is 10.4. The van der Waals surface area contributed by atoms with Gasteiger partial charge in [-0.3, -0.25) is 5.32 Å². The van der Waals surface area contributed by atoms with Gasteiger partial charge in [0.15, 0.2) is 0 Å². The lowest BCUT2D eigenvalue weighted by atomic mass is 9.92. The summed E-state index contributed by atoms with van der Waals surface area (Å²) in [7, 11) is 0. The van der Waals surface area contributed by atoms with Crippen LogP contribution in [0.1, 0.15) is 12.5 Å². The second-order valence-electron chi connectivity index (χ2n) is 4.01. The van der Waals surface area contributed by atoms with Crippen molar-refractivity contribution in [3.63, 3.8) is 0 Å². The first-order chi connectivity index (χ1) is 8.90. The van der Waals surface area contributed by atoms with Gasteiger partial charge in [-0.1, -0.05) is 18.2 Å². The molecule has 0 aromatic heterocycles. The molecule has 4 nitrogen and oxygen atoms in total. The Morgan fingerprint density at radius 1 is 1.63 bits per heavy atom. The van der Waals surface area contributed by atoms with Gasteiger partial charge in [-0.15, -0.1) is 6.58 Å². The first kappa shape index (κ1) is 15.1. The van der Waals surface area contributed by atoms with Crippen LogP contribution in [0, 0.1) is 0 Å². The minimum atomic E-state index is -2.95. The monoisotopic (exact) mass is 271 g/mol. The van der Waals surface area contributed by atoms with Crippen LogP contribution in [0.5, 0.6) is 5.75 Å². The summed E-state index contributed by atoms with van der Waals surface area (Å²) in [6, 6.07) is 5.61. The molecular formula is C13H15F2NO3. The Kier molecular flexibility index (Phi) is 5.00. The number of rotatable bonds is 7. The molecule has 0 bridgehead atoms. The molecule has 0 spiro atoms. The number of carboxylic acids is 1. The molecule has 0 saturated carbocycles. The van der Waals surface area contributed by atoms with E-state index in [0.29, 0.717) is 5.56 Å². The molecule has 0 aliphatic heterocycles. The van der Waals surface area contributed by atoms with Gasteiger partial charge in [0.1, 0.15) is 11.3 Å². The Labute approximate surface area is 109 Å². The predicted octanol–water partition coefficient (Wildman–Crippen LogP) is 2.36. The van der Waals surface area contributed by atoms with Crippen molar-refractivity contribution in [2.75, 3.05) is 6.54 Å². The average Bonchev–Trinajstić information content (AvgIpc) is 2.35. The molecule has 0 aliphatic carbocycles. The van der Waals surface area contributed by atoms with E-state index in [1.807, 2.05) is 0 Å². The number of halogens is 2. The Hall–Kier alpha value is -1.95. The lowest BCUT2D eigenvalue weighted by Gasteiger charge is -2.26. The van der Waals surface area contributed by atoms with Gasteiger partial charge in [0, 0.05) is 6.54 Å². The van der Waals surface area contributed by atoms with E-state index in [1.54, 1.807) is 0 Å². The summed E-state index contributed by atoms with van der Waals surface area (Å²) in [4.78, 5) is 11.4. The largest absolute Gasteiger partial charge is 0.480 e. The Balaban J connectivity index is 3.08. The Morgan fingerprint density at radius 2 is 2.32 bits per heavy atom. The number of benzene rings is 1. The van der Waals surface area contributed by atoms with E-state index in [-0.39, 0.29) is 12.3 Å². The molecule has 2 N–H and O–H groups in total. The van der Waals surface area contributed by atoms with Crippen LogP contribution in [-0.2, 0) is 10.3 Å². The molecule has 0 aliphatic rings. The maximum Gasteiger partial charge on any atom is 0.387 e. The summed E-state index contributed by atoms with van der Waals surface area (Å²) >= 11 is 0. The van der Waals surface area contributed by atoms with Crippen LogP contribution in [0.2, 0.25) is 0 Å². The van der Waals surface area contributed by atoms with Crippen LogP contribution in [-0.4, -0.2) is 24.2 Å². The first-order valence-electron chi connectivity index (χ1n) is 5.55. The predicted molar refractivity (Wildman–Crippen MR) is 66.3 cm³/mol. The fourth-order valence-corrected chi connectivity index (χ4v) is 1.56. The van der Waals surface area contributed by atoms with Crippen molar-refractivity contribution in [1.82, 2.24) is 5.32 Å². The van der Waals surface area contributed by atoms with Gasteiger partial charge in [-0.25, -0.2) is 4.79 Å². The number of hydrogen-bond acceptors (Lipinski definition) is 3. The van der Waals surface area contributed by atoms with Crippen LogP contribution in [0.25, 0.3) is 0 Å². The molecule has 1 rings (SSSR count). The van der Waals surface area contributed by atoms with Crippen LogP contribution >= 0.6 is 0 Å². The molecule has 104 valence electrons. The maximum absolute atomic E-state index is 12.1. The zero-order valence-corrected chi connectivity index (χ0v) is 10.4. The van der Waals surface area contributed by atoms with Crippen LogP contribution in [0.15, 0.2) is 36.9 Å². The number of alkyl halides is 2. The van der Waals surface area contributed by atoms with Crippen molar-refractivity contribution in [3.8, 4) is 5.75 Å². The molecule has 0 heterocycles. The topological polar surface area (TPSA) is 58.6 Å². The van der Waals surface area contributed by atoms with Gasteiger partial charge in [-0.05, 0) is 24.6 Å². The van der Waals surface area contributed by atoms with Crippen molar-refractivity contribution in [1.29, 1.82) is 0 Å². The summed E-state index contributed by atoms with van der Waals surface area (Å²) in [6.45, 7) is 2.25. The highest BCUT2D eigenvalue weighted by Gasteiger charge is 2.34. The van der Waals surface area contributed by atoms with Gasteiger partial charge in [0.2, 0.25) is 0 Å². The number of ether oxygens (including phenoxy) is 1. The molecule has 0 fully saturated rings. The van der Waals surface area contributed by atoms with Gasteiger partial charge >= 0.3 is 12.6 Å². The van der Waals surface area contributed by atoms with Gasteiger partial charge in [0.25, 0.3) is 0 Å². The highest BCUT2D eigenvalue weighted by atomic mass is 19.3. The highest BCUT2D eigenvalue weighted by Crippen LogP contribution is 2.25. The highest BCUT2D eigenvalue weighted by molar-refractivity contribution is 5.80. The van der Waals surface area contributed by atoms with Crippen molar-refractivity contribution in [3.05, 3.63) is 42.5 Å². The standard InChI is InChI=1S/C13H15F2NO3/c1-3-7-16-13(2,11(17)18)9-5-4-6-10(8-9)19-12(14)15/h3-6,8,12,16H,1,7H2,2H3,(H,17,18). The number of carbonyl (C=O) groups is 1. The lowest BCUT2D eigenvalue weighted by molar-refractivity contribution is -0.144. The molecule has 1 aromatic carbocycles. The fourth-order valence-electron chi connectivity index (χ4n) is 1.56. The summed E-state index contributed by atoms with van der Waals surface area (Å²) in [5, 5.41) is 12.1. The third-order valence-corrected chi connectivity index (χ3v) is 2.66. The smallest absolute Gasteiger partial charge is 0.387 e. The molecule has 19 heavy (non-hydrogen) atoms. The molecule has 1 atom stereocenters. The molecule has 1 aromatic rings. The van der Waals surface area contributed by atoms with E-state index in [9.17, 15) is 18.7 Å². The van der Waals surface area contributed by atoms with E-state index in [2.05, 4.69) is 16.6 Å². The third-order valence-electron chi connectivity index (χ3n) is 2.66. The number of hydrogen-bond donors (Lipinski definition) is 2. The first-order valence-corrected chi connectivity index (χ1v) is 5.55. The second-order valence-corrected chi connectivity index (χ2v) is 4.01. The van der Waals surface area contributed by atoms with E-state index in [0.717, 1.165) is 0 Å². The zero-order chi connectivity index (χ0) is 14.5. The Bertz CT molecular complexity index is 465. The summed E-state index contributed by atoms with van der Waals surface area (Å²) in [5.74, 6) is -1.20. The van der Waals surface area contributed by atoms with Crippen molar-refractivity contribution >= 4 is 5.97 Å². The van der Waals surface area contributed by atoms with E-state index in [4.69, 9.17) is 0 Å². The van der Waals surface area contributed by atoms with E-state index in [1.165, 1.54) is 37.3 Å². The summed E-state index contributed by atoms with van der Waals surface area (Å²) in [6.07, 6.45) is 1.51. The van der Waals surface area contributed by atoms with Crippen molar-refractivity contribution in [2.45, 2.75) is 19.1 Å². The maximum atomic E-state index is 12.1. The molecule has 1 unspecified atom stereocenters. The molecular weight excluding hydrogens is 256 g/mol. The summed E-state index contributed by atoms with van der Waals surface area (Å²) < 4.78 is 28.5. The third kappa shape index (κ3) is 3.75. The lowest BCUT2D eigenvalue weighted by Crippen LogP contribution is -2.46. The van der Waals surface area contributed by atoms with Gasteiger partial charge in [0.05, 0.1) is 0 Å². The average molecular weight is 271 g/mol. The van der Waals surface area contributed by atoms with Crippen LogP contribution in [0.4, 0.5) is 8.78 Å². The second kappa shape index (κ2) is 6.29. The molecule has 6 heteroatoms. The molecule has 0 saturated heterocycles. The minimum absolute atomic E-state index is 0.0830. The van der Waals surface area contributed by atoms with E-state index < -0.39 is 18.1 Å². The normalized spacial score (nSPS) is 13.9. The van der Waals surface area contributed by atoms with Crippen molar-refractivity contribution in [2.24, 2.45) is 0 Å². The van der Waals surface area contributed by atoms with Crippen LogP contribution < -0.4 is 10.1 Å². The fraction of sp³-hybridized carbons (Fsp3) is 0.308. The number of aliphatic carboxylic acids is 1. The number of carboxylic acid groups (broad SMARTS) is 1. The van der Waals surface area contributed by atoms with E-state index >= 15 is 0 Å². The summed E-state index contributed by atoms with van der Waals surface area (Å²) in [5.41, 5.74) is -1.09. The van der Waals surface area contributed by atoms with Crippen molar-refractivity contribution < 1.29 is 23.4 Å². The van der Waals surface area contributed by atoms with Gasteiger partial charge < -0.3 is 9.84 Å².